The second-order valence-corrected chi connectivity index (χ2v) is 4.90. The summed E-state index contributed by atoms with van der Waals surface area (Å²) in [6.45, 7) is 4.20. The third-order valence-electron chi connectivity index (χ3n) is 2.54. The van der Waals surface area contributed by atoms with Crippen LogP contribution in [0.3, 0.4) is 0 Å². The minimum Gasteiger partial charge on any atom is -0.334 e. The van der Waals surface area contributed by atoms with Crippen molar-refractivity contribution in [1.82, 2.24) is 10.2 Å². The zero-order valence-electron chi connectivity index (χ0n) is 11.9. The lowest BCUT2D eigenvalue weighted by molar-refractivity contribution is 0.101. The van der Waals surface area contributed by atoms with Crippen LogP contribution in [-0.2, 0) is 0 Å². The van der Waals surface area contributed by atoms with E-state index in [1.165, 1.54) is 6.92 Å². The topological polar surface area (TPSA) is 61.4 Å². The maximum atomic E-state index is 11.8. The Labute approximate surface area is 114 Å². The van der Waals surface area contributed by atoms with Gasteiger partial charge < -0.3 is 15.5 Å². The van der Waals surface area contributed by atoms with E-state index in [0.717, 1.165) is 6.54 Å². The number of nitrogens with one attached hydrogen (secondary N) is 2. The Morgan fingerprint density at radius 2 is 2.00 bits per heavy atom. The molecule has 0 radical (unpaired) electrons. The summed E-state index contributed by atoms with van der Waals surface area (Å²) < 4.78 is 0. The van der Waals surface area contributed by atoms with Crippen molar-refractivity contribution >= 4 is 17.5 Å². The third-order valence-corrected chi connectivity index (χ3v) is 2.54. The molecule has 5 nitrogen and oxygen atoms in total. The molecule has 0 saturated heterocycles. The summed E-state index contributed by atoms with van der Waals surface area (Å²) in [5.41, 5.74) is 1.20. The average Bonchev–Trinajstić information content (AvgIpc) is 2.27. The Kier molecular flexibility index (Phi) is 5.51. The van der Waals surface area contributed by atoms with Crippen LogP contribution in [0.5, 0.6) is 0 Å². The van der Waals surface area contributed by atoms with Crippen LogP contribution >= 0.6 is 0 Å². The van der Waals surface area contributed by atoms with Gasteiger partial charge in [-0.1, -0.05) is 12.1 Å². The van der Waals surface area contributed by atoms with E-state index in [2.05, 4.69) is 10.6 Å². The zero-order chi connectivity index (χ0) is 14.4. The number of benzene rings is 1. The molecular weight excluding hydrogens is 242 g/mol. The molecule has 1 atom stereocenters. The lowest BCUT2D eigenvalue weighted by Crippen LogP contribution is -2.41. The minimum absolute atomic E-state index is 0.0231. The van der Waals surface area contributed by atoms with Gasteiger partial charge in [0.15, 0.2) is 5.78 Å². The fourth-order valence-corrected chi connectivity index (χ4v) is 1.80. The Morgan fingerprint density at radius 1 is 1.32 bits per heavy atom. The van der Waals surface area contributed by atoms with Crippen molar-refractivity contribution in [2.75, 3.05) is 26.0 Å². The monoisotopic (exact) mass is 263 g/mol. The summed E-state index contributed by atoms with van der Waals surface area (Å²) in [6, 6.07) is 6.66. The van der Waals surface area contributed by atoms with Crippen molar-refractivity contribution in [3.63, 3.8) is 0 Å². The van der Waals surface area contributed by atoms with Crippen molar-refractivity contribution in [1.29, 1.82) is 0 Å². The lowest BCUT2D eigenvalue weighted by atomic mass is 10.1. The van der Waals surface area contributed by atoms with Gasteiger partial charge in [-0.15, -0.1) is 0 Å². The molecule has 0 aliphatic rings. The fraction of sp³-hybridized carbons (Fsp3) is 0.429. The van der Waals surface area contributed by atoms with Crippen molar-refractivity contribution in [3.05, 3.63) is 29.8 Å². The highest BCUT2D eigenvalue weighted by molar-refractivity contribution is 5.96. The van der Waals surface area contributed by atoms with Crippen LogP contribution in [0.2, 0.25) is 0 Å². The number of Topliss-reactive ketones (excluding diaryl/α,β-unsaturated/α-hetero) is 1. The van der Waals surface area contributed by atoms with Gasteiger partial charge in [-0.25, -0.2) is 4.79 Å². The van der Waals surface area contributed by atoms with E-state index in [1.807, 2.05) is 25.9 Å². The van der Waals surface area contributed by atoms with E-state index >= 15 is 0 Å². The molecule has 0 heterocycles. The number of ketones is 1. The molecule has 2 N–H and O–H groups in total. The van der Waals surface area contributed by atoms with Crippen molar-refractivity contribution in [3.8, 4) is 0 Å². The van der Waals surface area contributed by atoms with Crippen LogP contribution in [0.25, 0.3) is 0 Å². The molecule has 0 aliphatic carbocycles. The predicted octanol–water partition coefficient (Wildman–Crippen LogP) is 1.96. The first kappa shape index (κ1) is 15.2. The number of rotatable bonds is 5. The van der Waals surface area contributed by atoms with E-state index in [0.29, 0.717) is 11.3 Å². The molecule has 0 fully saturated rings. The number of hydrogen-bond donors (Lipinski definition) is 2. The standard InChI is InChI=1S/C14H21N3O2/c1-10(9-17(3)4)15-14(19)16-13-7-5-6-12(8-13)11(2)18/h5-8,10H,9H2,1-4H3,(H2,15,16,19). The van der Waals surface area contributed by atoms with E-state index < -0.39 is 0 Å². The molecule has 0 saturated carbocycles. The summed E-state index contributed by atoms with van der Waals surface area (Å²) in [4.78, 5) is 25.0. The highest BCUT2D eigenvalue weighted by Gasteiger charge is 2.08. The normalized spacial score (nSPS) is 12.1. The molecule has 1 aromatic rings. The van der Waals surface area contributed by atoms with Crippen LogP contribution in [0.1, 0.15) is 24.2 Å². The van der Waals surface area contributed by atoms with Crippen molar-refractivity contribution in [2.45, 2.75) is 19.9 Å². The number of carbonyl (C=O) groups excluding carboxylic acids is 2. The average molecular weight is 263 g/mol. The Bertz CT molecular complexity index is 458. The molecule has 1 rings (SSSR count). The highest BCUT2D eigenvalue weighted by Crippen LogP contribution is 2.10. The molecule has 0 aromatic heterocycles. The minimum atomic E-state index is -0.268. The molecule has 1 aromatic carbocycles. The van der Waals surface area contributed by atoms with E-state index in [4.69, 9.17) is 0 Å². The largest absolute Gasteiger partial charge is 0.334 e. The zero-order valence-corrected chi connectivity index (χ0v) is 11.9. The maximum Gasteiger partial charge on any atom is 0.319 e. The summed E-state index contributed by atoms with van der Waals surface area (Å²) in [5, 5.41) is 5.55. The number of urea groups is 1. The van der Waals surface area contributed by atoms with Gasteiger partial charge in [0, 0.05) is 23.8 Å². The van der Waals surface area contributed by atoms with Gasteiger partial charge in [-0.2, -0.15) is 0 Å². The Balaban J connectivity index is 2.57. The number of anilines is 1. The molecule has 2 amide bonds. The number of nitrogens with zero attached hydrogens (tertiary/aromatic N) is 1. The maximum absolute atomic E-state index is 11.8. The predicted molar refractivity (Wildman–Crippen MR) is 76.6 cm³/mol. The van der Waals surface area contributed by atoms with Crippen molar-refractivity contribution < 1.29 is 9.59 Å². The summed E-state index contributed by atoms with van der Waals surface area (Å²) in [6.07, 6.45) is 0. The molecule has 5 heteroatoms. The Morgan fingerprint density at radius 3 is 2.58 bits per heavy atom. The SMILES string of the molecule is CC(=O)c1cccc(NC(=O)NC(C)CN(C)C)c1. The van der Waals surface area contributed by atoms with Gasteiger partial charge in [0.05, 0.1) is 0 Å². The number of hydrogen-bond acceptors (Lipinski definition) is 3. The van der Waals surface area contributed by atoms with E-state index in [9.17, 15) is 9.59 Å². The molecule has 0 spiro atoms. The first-order valence-corrected chi connectivity index (χ1v) is 6.21. The van der Waals surface area contributed by atoms with Gasteiger partial charge in [0.2, 0.25) is 0 Å². The molecular formula is C14H21N3O2. The van der Waals surface area contributed by atoms with Gasteiger partial charge in [-0.05, 0) is 40.1 Å². The summed E-state index contributed by atoms with van der Waals surface area (Å²) in [5.74, 6) is -0.0231. The first-order valence-electron chi connectivity index (χ1n) is 6.21. The fourth-order valence-electron chi connectivity index (χ4n) is 1.80. The van der Waals surface area contributed by atoms with Gasteiger partial charge >= 0.3 is 6.03 Å². The van der Waals surface area contributed by atoms with E-state index in [-0.39, 0.29) is 17.9 Å². The van der Waals surface area contributed by atoms with Gasteiger partial charge in [0.25, 0.3) is 0 Å². The van der Waals surface area contributed by atoms with Gasteiger partial charge in [0.1, 0.15) is 0 Å². The molecule has 1 unspecified atom stereocenters. The van der Waals surface area contributed by atoms with E-state index in [1.54, 1.807) is 24.3 Å². The quantitative estimate of drug-likeness (QED) is 0.798. The van der Waals surface area contributed by atoms with Crippen molar-refractivity contribution in [2.24, 2.45) is 0 Å². The molecule has 0 aliphatic heterocycles. The molecule has 19 heavy (non-hydrogen) atoms. The second-order valence-electron chi connectivity index (χ2n) is 4.90. The lowest BCUT2D eigenvalue weighted by Gasteiger charge is -2.18. The summed E-state index contributed by atoms with van der Waals surface area (Å²) in [7, 11) is 3.90. The number of amides is 2. The second kappa shape index (κ2) is 6.89. The van der Waals surface area contributed by atoms with Crippen LogP contribution in [-0.4, -0.2) is 43.4 Å². The first-order chi connectivity index (χ1) is 8.88. The summed E-state index contributed by atoms with van der Waals surface area (Å²) >= 11 is 0. The number of likely N-dealkylation sites (N-methyl/N-ethyl adjacent to an activating group) is 1. The van der Waals surface area contributed by atoms with Crippen LogP contribution in [0.4, 0.5) is 10.5 Å². The third kappa shape index (κ3) is 5.52. The Hall–Kier alpha value is -1.88. The molecule has 104 valence electrons. The molecule has 0 bridgehead atoms. The highest BCUT2D eigenvalue weighted by atomic mass is 16.2. The van der Waals surface area contributed by atoms with Crippen LogP contribution in [0, 0.1) is 0 Å². The van der Waals surface area contributed by atoms with Crippen LogP contribution in [0.15, 0.2) is 24.3 Å². The smallest absolute Gasteiger partial charge is 0.319 e. The van der Waals surface area contributed by atoms with Crippen LogP contribution < -0.4 is 10.6 Å². The number of carbonyl (C=O) groups is 2. The van der Waals surface area contributed by atoms with Gasteiger partial charge in [-0.3, -0.25) is 4.79 Å².